The van der Waals surface area contributed by atoms with Crippen molar-refractivity contribution in [1.82, 2.24) is 15.2 Å². The maximum atomic E-state index is 12.7. The van der Waals surface area contributed by atoms with E-state index in [9.17, 15) is 14.4 Å². The minimum atomic E-state index is -0.993. The van der Waals surface area contributed by atoms with Gasteiger partial charge in [-0.05, 0) is 24.1 Å². The highest BCUT2D eigenvalue weighted by molar-refractivity contribution is 5.91. The minimum Gasteiger partial charge on any atom is -0.467 e. The number of pyridine rings is 1. The molecule has 1 N–H and O–H groups in total. The molecule has 1 aliphatic heterocycles. The lowest BCUT2D eigenvalue weighted by atomic mass is 10.1. The molecule has 0 radical (unpaired) electrons. The number of methoxy groups -OCH3 is 1. The van der Waals surface area contributed by atoms with E-state index in [2.05, 4.69) is 10.3 Å². The van der Waals surface area contributed by atoms with Gasteiger partial charge in [-0.15, -0.1) is 0 Å². The van der Waals surface area contributed by atoms with Crippen molar-refractivity contribution in [3.63, 3.8) is 0 Å². The Hall–Kier alpha value is -3.22. The van der Waals surface area contributed by atoms with Gasteiger partial charge in [-0.2, -0.15) is 0 Å². The van der Waals surface area contributed by atoms with Crippen LogP contribution in [0, 0.1) is 5.92 Å². The number of benzene rings is 1. The first-order valence-corrected chi connectivity index (χ1v) is 9.19. The zero-order valence-corrected chi connectivity index (χ0v) is 15.7. The van der Waals surface area contributed by atoms with E-state index in [1.54, 1.807) is 29.3 Å². The van der Waals surface area contributed by atoms with E-state index in [1.165, 1.54) is 7.11 Å². The summed E-state index contributed by atoms with van der Waals surface area (Å²) in [6.45, 7) is 0.904. The Morgan fingerprint density at radius 3 is 2.64 bits per heavy atom. The number of amides is 2. The number of carbonyl (C=O) groups excluding carboxylic acids is 3. The number of ether oxygens (including phenoxy) is 1. The van der Waals surface area contributed by atoms with Crippen molar-refractivity contribution in [2.24, 2.45) is 5.92 Å². The number of nitrogens with zero attached hydrogens (tertiary/aromatic N) is 2. The summed E-state index contributed by atoms with van der Waals surface area (Å²) in [4.78, 5) is 42.9. The Morgan fingerprint density at radius 2 is 1.96 bits per heavy atom. The van der Waals surface area contributed by atoms with Crippen LogP contribution in [0.2, 0.25) is 0 Å². The molecule has 0 unspecified atom stereocenters. The molecule has 7 nitrogen and oxygen atoms in total. The number of nitrogens with one attached hydrogen (secondary N) is 1. The van der Waals surface area contributed by atoms with Gasteiger partial charge in [-0.1, -0.05) is 36.4 Å². The van der Waals surface area contributed by atoms with Crippen LogP contribution in [-0.2, 0) is 25.5 Å². The van der Waals surface area contributed by atoms with Gasteiger partial charge in [-0.25, -0.2) is 4.79 Å². The second-order valence-corrected chi connectivity index (χ2v) is 6.70. The Kier molecular flexibility index (Phi) is 6.37. The molecule has 2 amide bonds. The van der Waals surface area contributed by atoms with E-state index in [0.717, 1.165) is 12.0 Å². The quantitative estimate of drug-likeness (QED) is 0.735. The number of hydrogen-bond acceptors (Lipinski definition) is 5. The molecule has 0 aliphatic carbocycles. The molecule has 1 aromatic heterocycles. The first kappa shape index (κ1) is 19.5. The summed E-state index contributed by atoms with van der Waals surface area (Å²) in [5.41, 5.74) is 1.54. The van der Waals surface area contributed by atoms with Crippen LogP contribution >= 0.6 is 0 Å². The summed E-state index contributed by atoms with van der Waals surface area (Å²) in [5.74, 6) is -1.50. The maximum Gasteiger partial charge on any atom is 0.334 e. The Balaban J connectivity index is 1.60. The first-order chi connectivity index (χ1) is 13.6. The summed E-state index contributed by atoms with van der Waals surface area (Å²) < 4.78 is 4.79. The predicted molar refractivity (Wildman–Crippen MR) is 102 cm³/mol. The van der Waals surface area contributed by atoms with Crippen LogP contribution in [0.1, 0.15) is 23.7 Å². The van der Waals surface area contributed by atoms with Crippen LogP contribution in [0.4, 0.5) is 0 Å². The van der Waals surface area contributed by atoms with Gasteiger partial charge in [-0.3, -0.25) is 14.6 Å². The van der Waals surface area contributed by atoms with Crippen LogP contribution in [0.3, 0.4) is 0 Å². The zero-order valence-electron chi connectivity index (χ0n) is 15.7. The predicted octanol–water partition coefficient (Wildman–Crippen LogP) is 1.50. The Morgan fingerprint density at radius 1 is 1.21 bits per heavy atom. The number of carbonyl (C=O) groups is 3. The lowest BCUT2D eigenvalue weighted by molar-refractivity contribution is -0.145. The molecule has 1 aromatic carbocycles. The van der Waals surface area contributed by atoms with Gasteiger partial charge in [0, 0.05) is 25.7 Å². The maximum absolute atomic E-state index is 12.7. The third-order valence-corrected chi connectivity index (χ3v) is 4.81. The Labute approximate surface area is 163 Å². The SMILES string of the molecule is COC(=O)[C@H](NC(=O)[C@@H]1CC(=O)N(CCc2ccccc2)C1)c1ccccn1. The third-order valence-electron chi connectivity index (χ3n) is 4.81. The molecule has 1 aliphatic rings. The van der Waals surface area contributed by atoms with E-state index in [0.29, 0.717) is 18.8 Å². The molecule has 2 atom stereocenters. The average Bonchev–Trinajstić information content (AvgIpc) is 3.12. The van der Waals surface area contributed by atoms with E-state index in [4.69, 9.17) is 4.74 Å². The fourth-order valence-electron chi connectivity index (χ4n) is 3.25. The van der Waals surface area contributed by atoms with Crippen molar-refractivity contribution in [1.29, 1.82) is 0 Å². The Bertz CT molecular complexity index is 826. The van der Waals surface area contributed by atoms with Crippen molar-refractivity contribution in [2.45, 2.75) is 18.9 Å². The lowest BCUT2D eigenvalue weighted by Crippen LogP contribution is -2.39. The topological polar surface area (TPSA) is 88.6 Å². The monoisotopic (exact) mass is 381 g/mol. The second-order valence-electron chi connectivity index (χ2n) is 6.70. The van der Waals surface area contributed by atoms with Crippen LogP contribution in [0.25, 0.3) is 0 Å². The highest BCUT2D eigenvalue weighted by Crippen LogP contribution is 2.20. The van der Waals surface area contributed by atoms with Crippen molar-refractivity contribution >= 4 is 17.8 Å². The molecular formula is C21H23N3O4. The molecule has 0 spiro atoms. The molecule has 28 heavy (non-hydrogen) atoms. The van der Waals surface area contributed by atoms with Crippen LogP contribution in [0.5, 0.6) is 0 Å². The van der Waals surface area contributed by atoms with E-state index in [1.807, 2.05) is 30.3 Å². The number of aromatic nitrogens is 1. The summed E-state index contributed by atoms with van der Waals surface area (Å²) in [7, 11) is 1.26. The molecular weight excluding hydrogens is 358 g/mol. The zero-order chi connectivity index (χ0) is 19.9. The smallest absolute Gasteiger partial charge is 0.334 e. The van der Waals surface area contributed by atoms with Crippen LogP contribution in [-0.4, -0.2) is 47.9 Å². The molecule has 2 aromatic rings. The average molecular weight is 381 g/mol. The van der Waals surface area contributed by atoms with Gasteiger partial charge >= 0.3 is 5.97 Å². The number of esters is 1. The summed E-state index contributed by atoms with van der Waals surface area (Å²) in [6, 6.07) is 14.0. The summed E-state index contributed by atoms with van der Waals surface area (Å²) in [6.07, 6.45) is 2.41. The molecule has 146 valence electrons. The normalized spacial score (nSPS) is 17.2. The fourth-order valence-corrected chi connectivity index (χ4v) is 3.25. The molecule has 0 bridgehead atoms. The fraction of sp³-hybridized carbons (Fsp3) is 0.333. The van der Waals surface area contributed by atoms with Crippen molar-refractivity contribution < 1.29 is 19.1 Å². The molecule has 0 saturated carbocycles. The van der Waals surface area contributed by atoms with Crippen molar-refractivity contribution in [3.8, 4) is 0 Å². The van der Waals surface area contributed by atoms with E-state index >= 15 is 0 Å². The number of hydrogen-bond donors (Lipinski definition) is 1. The standard InChI is InChI=1S/C21H23N3O4/c1-28-21(27)19(17-9-5-6-11-22-17)23-20(26)16-13-18(25)24(14-16)12-10-15-7-3-2-4-8-15/h2-9,11,16,19H,10,12-14H2,1H3,(H,23,26)/t16-,19-/m1/s1. The van der Waals surface area contributed by atoms with Gasteiger partial charge < -0.3 is 15.0 Å². The van der Waals surface area contributed by atoms with Gasteiger partial charge in [0.25, 0.3) is 0 Å². The molecule has 1 saturated heterocycles. The lowest BCUT2D eigenvalue weighted by Gasteiger charge is -2.19. The molecule has 7 heteroatoms. The second kappa shape index (κ2) is 9.12. The molecule has 2 heterocycles. The first-order valence-electron chi connectivity index (χ1n) is 9.19. The number of likely N-dealkylation sites (tertiary alicyclic amines) is 1. The molecule has 1 fully saturated rings. The third kappa shape index (κ3) is 4.73. The van der Waals surface area contributed by atoms with E-state index in [-0.39, 0.29) is 18.2 Å². The number of rotatable bonds is 7. The van der Waals surface area contributed by atoms with Gasteiger partial charge in [0.1, 0.15) is 0 Å². The van der Waals surface area contributed by atoms with Gasteiger partial charge in [0.15, 0.2) is 6.04 Å². The van der Waals surface area contributed by atoms with Crippen molar-refractivity contribution in [2.75, 3.05) is 20.2 Å². The summed E-state index contributed by atoms with van der Waals surface area (Å²) >= 11 is 0. The van der Waals surface area contributed by atoms with Gasteiger partial charge in [0.05, 0.1) is 18.7 Å². The highest BCUT2D eigenvalue weighted by Gasteiger charge is 2.36. The van der Waals surface area contributed by atoms with Crippen molar-refractivity contribution in [3.05, 3.63) is 66.0 Å². The highest BCUT2D eigenvalue weighted by atomic mass is 16.5. The molecule has 3 rings (SSSR count). The largest absolute Gasteiger partial charge is 0.467 e. The minimum absolute atomic E-state index is 0.0523. The van der Waals surface area contributed by atoms with E-state index < -0.39 is 17.9 Å². The van der Waals surface area contributed by atoms with Crippen LogP contribution in [0.15, 0.2) is 54.7 Å². The van der Waals surface area contributed by atoms with Gasteiger partial charge in [0.2, 0.25) is 11.8 Å². The summed E-state index contributed by atoms with van der Waals surface area (Å²) in [5, 5.41) is 2.69. The van der Waals surface area contributed by atoms with Crippen LogP contribution < -0.4 is 5.32 Å².